The van der Waals surface area contributed by atoms with Crippen molar-refractivity contribution in [3.8, 4) is 0 Å². The molecule has 0 saturated heterocycles. The van der Waals surface area contributed by atoms with Crippen molar-refractivity contribution in [3.05, 3.63) is 71.8 Å². The minimum Gasteiger partial charge on any atom is -0.346 e. The molecule has 0 heterocycles. The molecule has 2 amide bonds. The van der Waals surface area contributed by atoms with E-state index in [1.807, 2.05) is 95.3 Å². The van der Waals surface area contributed by atoms with Crippen molar-refractivity contribution in [2.75, 3.05) is 20.6 Å². The molecule has 55 heavy (non-hydrogen) atoms. The molecule has 0 radical (unpaired) electrons. The van der Waals surface area contributed by atoms with Crippen LogP contribution in [0.5, 0.6) is 0 Å². The van der Waals surface area contributed by atoms with E-state index in [-0.39, 0.29) is 53.8 Å². The third-order valence-electron chi connectivity index (χ3n) is 11.0. The molecule has 1 unspecified atom stereocenters. The quantitative estimate of drug-likeness (QED) is 0.0845. The van der Waals surface area contributed by atoms with Crippen LogP contribution in [-0.4, -0.2) is 66.8 Å². The number of nitrogens with zero attached hydrogens (tertiary/aromatic N) is 1. The summed E-state index contributed by atoms with van der Waals surface area (Å²) in [6.07, 6.45) is 9.82. The van der Waals surface area contributed by atoms with E-state index in [1.165, 1.54) is 0 Å². The van der Waals surface area contributed by atoms with E-state index < -0.39 is 29.3 Å². The van der Waals surface area contributed by atoms with Crippen LogP contribution < -0.4 is 10.6 Å². The molecule has 8 nitrogen and oxygen atoms in total. The zero-order valence-corrected chi connectivity index (χ0v) is 35.0. The first-order chi connectivity index (χ1) is 26.2. The number of unbranched alkanes of at least 4 members (excludes halogenated alkanes) is 4. The van der Waals surface area contributed by atoms with Gasteiger partial charge in [-0.25, -0.2) is 0 Å². The minimum absolute atomic E-state index is 0.0690. The van der Waals surface area contributed by atoms with E-state index >= 15 is 0 Å². The third-order valence-corrected chi connectivity index (χ3v) is 11.0. The standard InChI is InChI=1S/C47H71N3O5/c1-34(2)29-41(48-45(54)38(25-24-36-19-13-11-14-20-36)32-40(51)23-17-9-8-10-18-28-50(6)7)43(52)33-39(31-37-21-15-12-16-22-37)46(55)49-42(30-35(3)4)44(53)47(5)26-27-47/h11-16,19-22,34-35,38-39,41-42H,8-10,17-18,23-33H2,1-7H3,(H,48,54)(H,49,55)/t38?,39-,41+,42+/m1/s1. The lowest BCUT2D eigenvalue weighted by Gasteiger charge is -2.27. The summed E-state index contributed by atoms with van der Waals surface area (Å²) in [5.74, 6) is -1.61. The summed E-state index contributed by atoms with van der Waals surface area (Å²) in [5, 5.41) is 6.16. The molecule has 0 spiro atoms. The van der Waals surface area contributed by atoms with Crippen molar-refractivity contribution >= 4 is 29.2 Å². The Labute approximate surface area is 332 Å². The monoisotopic (exact) mass is 758 g/mol. The smallest absolute Gasteiger partial charge is 0.224 e. The number of amides is 2. The fourth-order valence-corrected chi connectivity index (χ4v) is 7.39. The Morgan fingerprint density at radius 1 is 0.673 bits per heavy atom. The van der Waals surface area contributed by atoms with E-state index in [0.29, 0.717) is 38.5 Å². The molecule has 1 aliphatic rings. The van der Waals surface area contributed by atoms with Crippen molar-refractivity contribution in [2.45, 2.75) is 143 Å². The second kappa shape index (κ2) is 23.4. The predicted molar refractivity (Wildman–Crippen MR) is 223 cm³/mol. The highest BCUT2D eigenvalue weighted by atomic mass is 16.2. The lowest BCUT2D eigenvalue weighted by molar-refractivity contribution is -0.135. The summed E-state index contributed by atoms with van der Waals surface area (Å²) < 4.78 is 0. The summed E-state index contributed by atoms with van der Waals surface area (Å²) in [6.45, 7) is 11.1. The number of Topliss-reactive ketones (excluding diaryl/α,β-unsaturated/α-hetero) is 3. The van der Waals surface area contributed by atoms with Gasteiger partial charge in [-0.15, -0.1) is 0 Å². The molecule has 2 N–H and O–H groups in total. The molecular weight excluding hydrogens is 687 g/mol. The number of carbonyl (C=O) groups excluding carboxylic acids is 5. The number of hydrogen-bond acceptors (Lipinski definition) is 6. The molecule has 4 atom stereocenters. The summed E-state index contributed by atoms with van der Waals surface area (Å²) in [6, 6.07) is 18.2. The average molecular weight is 758 g/mol. The van der Waals surface area contributed by atoms with Gasteiger partial charge in [0.05, 0.1) is 12.1 Å². The first-order valence-electron chi connectivity index (χ1n) is 21.1. The van der Waals surface area contributed by atoms with Gasteiger partial charge in [0, 0.05) is 36.5 Å². The normalized spacial score (nSPS) is 15.7. The molecule has 2 aromatic rings. The number of carbonyl (C=O) groups is 5. The summed E-state index contributed by atoms with van der Waals surface area (Å²) in [7, 11) is 4.16. The molecule has 1 aliphatic carbocycles. The Morgan fingerprint density at radius 3 is 1.78 bits per heavy atom. The maximum absolute atomic E-state index is 14.3. The first-order valence-corrected chi connectivity index (χ1v) is 21.1. The lowest BCUT2D eigenvalue weighted by atomic mass is 9.87. The van der Waals surface area contributed by atoms with Crippen LogP contribution >= 0.6 is 0 Å². The van der Waals surface area contributed by atoms with Gasteiger partial charge in [-0.3, -0.25) is 24.0 Å². The van der Waals surface area contributed by atoms with Gasteiger partial charge in [0.25, 0.3) is 0 Å². The fourth-order valence-electron chi connectivity index (χ4n) is 7.39. The molecule has 0 aromatic heterocycles. The van der Waals surface area contributed by atoms with E-state index in [1.54, 1.807) is 0 Å². The SMILES string of the molecule is CC(C)C[C@H](NC(=O)C(CCc1ccccc1)CC(=O)CCCCCCCN(C)C)C(=O)C[C@@H](Cc1ccccc1)C(=O)N[C@@H](CC(C)C)C(=O)C1(C)CC1. The second-order valence-electron chi connectivity index (χ2n) is 17.6. The Bertz CT molecular complexity index is 1480. The highest BCUT2D eigenvalue weighted by Gasteiger charge is 2.48. The number of aryl methyl sites for hydroxylation is 1. The molecule has 3 rings (SSSR count). The van der Waals surface area contributed by atoms with Crippen LogP contribution in [0.4, 0.5) is 0 Å². The Balaban J connectivity index is 1.75. The highest BCUT2D eigenvalue weighted by Crippen LogP contribution is 2.47. The maximum atomic E-state index is 14.3. The second-order valence-corrected chi connectivity index (χ2v) is 17.6. The molecular formula is C47H71N3O5. The minimum atomic E-state index is -0.798. The molecule has 0 bridgehead atoms. The molecule has 1 saturated carbocycles. The number of benzene rings is 2. The molecule has 1 fully saturated rings. The predicted octanol–water partition coefficient (Wildman–Crippen LogP) is 8.35. The van der Waals surface area contributed by atoms with Crippen molar-refractivity contribution in [2.24, 2.45) is 29.1 Å². The summed E-state index contributed by atoms with van der Waals surface area (Å²) in [4.78, 5) is 71.4. The van der Waals surface area contributed by atoms with Gasteiger partial charge in [-0.2, -0.15) is 0 Å². The lowest BCUT2D eigenvalue weighted by Crippen LogP contribution is -2.49. The summed E-state index contributed by atoms with van der Waals surface area (Å²) in [5.41, 5.74) is 1.63. The van der Waals surface area contributed by atoms with Crippen molar-refractivity contribution in [1.29, 1.82) is 0 Å². The Hall–Kier alpha value is -3.65. The highest BCUT2D eigenvalue weighted by molar-refractivity contribution is 5.97. The average Bonchev–Trinajstić information content (AvgIpc) is 3.90. The topological polar surface area (TPSA) is 113 Å². The van der Waals surface area contributed by atoms with Gasteiger partial charge in [-0.1, -0.05) is 115 Å². The van der Waals surface area contributed by atoms with Crippen molar-refractivity contribution in [1.82, 2.24) is 15.5 Å². The van der Waals surface area contributed by atoms with Gasteiger partial charge in [0.15, 0.2) is 11.6 Å². The number of rotatable bonds is 28. The zero-order valence-electron chi connectivity index (χ0n) is 35.0. The first kappa shape index (κ1) is 45.7. The molecule has 0 aliphatic heterocycles. The van der Waals surface area contributed by atoms with E-state index in [0.717, 1.165) is 62.6 Å². The Kier molecular flexibility index (Phi) is 19.5. The van der Waals surface area contributed by atoms with Crippen LogP contribution in [-0.2, 0) is 36.8 Å². The van der Waals surface area contributed by atoms with Crippen molar-refractivity contribution < 1.29 is 24.0 Å². The maximum Gasteiger partial charge on any atom is 0.224 e. The van der Waals surface area contributed by atoms with E-state index in [9.17, 15) is 24.0 Å². The zero-order chi connectivity index (χ0) is 40.4. The fraction of sp³-hybridized carbons (Fsp3) is 0.638. The van der Waals surface area contributed by atoms with Gasteiger partial charge >= 0.3 is 0 Å². The molecule has 8 heteroatoms. The van der Waals surface area contributed by atoms with Crippen LogP contribution in [0.2, 0.25) is 0 Å². The number of nitrogens with one attached hydrogen (secondary N) is 2. The number of ketones is 3. The van der Waals surface area contributed by atoms with Crippen LogP contribution in [0, 0.1) is 29.1 Å². The van der Waals surface area contributed by atoms with E-state index in [2.05, 4.69) is 29.6 Å². The van der Waals surface area contributed by atoms with Gasteiger partial charge < -0.3 is 15.5 Å². The Morgan fingerprint density at radius 2 is 1.20 bits per heavy atom. The van der Waals surface area contributed by atoms with Gasteiger partial charge in [-0.05, 0) is 101 Å². The summed E-state index contributed by atoms with van der Waals surface area (Å²) >= 11 is 0. The number of hydrogen-bond donors (Lipinski definition) is 2. The third kappa shape index (κ3) is 17.4. The largest absolute Gasteiger partial charge is 0.346 e. The van der Waals surface area contributed by atoms with Crippen molar-refractivity contribution in [3.63, 3.8) is 0 Å². The van der Waals surface area contributed by atoms with Crippen LogP contribution in [0.1, 0.15) is 129 Å². The van der Waals surface area contributed by atoms with Crippen LogP contribution in [0.3, 0.4) is 0 Å². The van der Waals surface area contributed by atoms with Crippen LogP contribution in [0.25, 0.3) is 0 Å². The van der Waals surface area contributed by atoms with Gasteiger partial charge in [0.1, 0.15) is 5.78 Å². The van der Waals surface area contributed by atoms with E-state index in [4.69, 9.17) is 0 Å². The van der Waals surface area contributed by atoms with Crippen LogP contribution in [0.15, 0.2) is 60.7 Å². The molecule has 2 aromatic carbocycles. The van der Waals surface area contributed by atoms with Gasteiger partial charge in [0.2, 0.25) is 11.8 Å². The molecule has 304 valence electrons.